The minimum Gasteiger partial charge on any atom is -0.375 e. The van der Waals surface area contributed by atoms with Crippen LogP contribution in [0.3, 0.4) is 0 Å². The fraction of sp³-hybridized carbons (Fsp3) is 0.438. The molecule has 0 bridgehead atoms. The maximum atomic E-state index is 12.4. The van der Waals surface area contributed by atoms with Crippen molar-refractivity contribution in [3.63, 3.8) is 0 Å². The van der Waals surface area contributed by atoms with Gasteiger partial charge in [-0.3, -0.25) is 4.79 Å². The molecule has 1 amide bonds. The van der Waals surface area contributed by atoms with Crippen LogP contribution in [0.4, 0.5) is 0 Å². The van der Waals surface area contributed by atoms with Crippen molar-refractivity contribution in [3.05, 3.63) is 48.1 Å². The Bertz CT molecular complexity index is 665. The van der Waals surface area contributed by atoms with Crippen LogP contribution in [0.1, 0.15) is 28.4 Å². The summed E-state index contributed by atoms with van der Waals surface area (Å²) >= 11 is 0. The fourth-order valence-corrected chi connectivity index (χ4v) is 2.58. The first kappa shape index (κ1) is 15.5. The highest BCUT2D eigenvalue weighted by Crippen LogP contribution is 2.13. The largest absolute Gasteiger partial charge is 0.375 e. The third-order valence-electron chi connectivity index (χ3n) is 3.77. The molecule has 7 nitrogen and oxygen atoms in total. The van der Waals surface area contributed by atoms with Gasteiger partial charge in [-0.25, -0.2) is 19.9 Å². The number of carbonyl (C=O) groups excluding carboxylic acids is 1. The molecule has 1 atom stereocenters. The van der Waals surface area contributed by atoms with Gasteiger partial charge >= 0.3 is 0 Å². The van der Waals surface area contributed by atoms with Gasteiger partial charge in [0.05, 0.1) is 12.7 Å². The van der Waals surface area contributed by atoms with E-state index in [1.54, 1.807) is 29.7 Å². The van der Waals surface area contributed by atoms with E-state index in [2.05, 4.69) is 19.9 Å². The Balaban J connectivity index is 1.57. The number of aryl methyl sites for hydroxylation is 2. The normalized spacial score (nSPS) is 18.0. The van der Waals surface area contributed by atoms with E-state index >= 15 is 0 Å². The summed E-state index contributed by atoms with van der Waals surface area (Å²) in [6.45, 7) is 3.61. The van der Waals surface area contributed by atoms with Gasteiger partial charge < -0.3 is 9.64 Å². The summed E-state index contributed by atoms with van der Waals surface area (Å²) < 4.78 is 5.77. The molecule has 1 fully saturated rings. The average molecular weight is 313 g/mol. The van der Waals surface area contributed by atoms with E-state index in [1.807, 2.05) is 13.0 Å². The summed E-state index contributed by atoms with van der Waals surface area (Å²) in [5.74, 6) is 0.0938. The van der Waals surface area contributed by atoms with Crippen LogP contribution in [0.2, 0.25) is 0 Å². The summed E-state index contributed by atoms with van der Waals surface area (Å²) in [6, 6.07) is 3.67. The van der Waals surface area contributed by atoms with Crippen LogP contribution in [-0.2, 0) is 11.2 Å². The Labute approximate surface area is 134 Å². The molecule has 1 aliphatic rings. The van der Waals surface area contributed by atoms with Gasteiger partial charge in [-0.05, 0) is 31.9 Å². The monoisotopic (exact) mass is 313 g/mol. The molecule has 3 heterocycles. The Hall–Kier alpha value is -2.41. The Morgan fingerprint density at radius 1 is 1.30 bits per heavy atom. The van der Waals surface area contributed by atoms with Crippen molar-refractivity contribution in [1.82, 2.24) is 24.8 Å². The van der Waals surface area contributed by atoms with Gasteiger partial charge in [0.15, 0.2) is 0 Å². The van der Waals surface area contributed by atoms with E-state index in [0.717, 1.165) is 24.2 Å². The van der Waals surface area contributed by atoms with Gasteiger partial charge in [-0.2, -0.15) is 0 Å². The molecule has 7 heteroatoms. The molecule has 1 aliphatic heterocycles. The molecular weight excluding hydrogens is 294 g/mol. The van der Waals surface area contributed by atoms with E-state index in [9.17, 15) is 4.79 Å². The highest BCUT2D eigenvalue weighted by atomic mass is 16.5. The second-order valence-electron chi connectivity index (χ2n) is 5.51. The minimum atomic E-state index is -0.142. The van der Waals surface area contributed by atoms with Crippen molar-refractivity contribution in [2.45, 2.75) is 25.9 Å². The topological polar surface area (TPSA) is 81.1 Å². The van der Waals surface area contributed by atoms with E-state index in [-0.39, 0.29) is 17.8 Å². The smallest absolute Gasteiger partial charge is 0.291 e. The number of morpholine rings is 1. The number of amides is 1. The Morgan fingerprint density at radius 2 is 2.13 bits per heavy atom. The van der Waals surface area contributed by atoms with Gasteiger partial charge in [0.1, 0.15) is 6.33 Å². The first-order valence-corrected chi connectivity index (χ1v) is 7.68. The second-order valence-corrected chi connectivity index (χ2v) is 5.51. The molecule has 0 aliphatic carbocycles. The standard InChI is InChI=1S/C16H19N5O2/c1-12-9-13(20-11-19-12)3-4-14-10-21(7-8-23-14)16(22)15-17-5-2-6-18-15/h2,5-6,9,11,14H,3-4,7-8,10H2,1H3. The first-order chi connectivity index (χ1) is 11.2. The van der Waals surface area contributed by atoms with Crippen molar-refractivity contribution in [1.29, 1.82) is 0 Å². The third-order valence-corrected chi connectivity index (χ3v) is 3.77. The van der Waals surface area contributed by atoms with Gasteiger partial charge in [0, 0.05) is 36.9 Å². The van der Waals surface area contributed by atoms with Gasteiger partial charge in [0.25, 0.3) is 5.91 Å². The third kappa shape index (κ3) is 4.07. The van der Waals surface area contributed by atoms with E-state index in [0.29, 0.717) is 19.7 Å². The van der Waals surface area contributed by atoms with Crippen molar-refractivity contribution < 1.29 is 9.53 Å². The zero-order chi connectivity index (χ0) is 16.1. The summed E-state index contributed by atoms with van der Waals surface area (Å²) in [7, 11) is 0. The van der Waals surface area contributed by atoms with Crippen LogP contribution < -0.4 is 0 Å². The van der Waals surface area contributed by atoms with Gasteiger partial charge in [-0.15, -0.1) is 0 Å². The lowest BCUT2D eigenvalue weighted by atomic mass is 10.1. The van der Waals surface area contributed by atoms with Crippen molar-refractivity contribution in [3.8, 4) is 0 Å². The van der Waals surface area contributed by atoms with Crippen LogP contribution in [0.15, 0.2) is 30.9 Å². The average Bonchev–Trinajstić information content (AvgIpc) is 2.60. The predicted molar refractivity (Wildman–Crippen MR) is 82.8 cm³/mol. The zero-order valence-electron chi connectivity index (χ0n) is 13.1. The number of carbonyl (C=O) groups is 1. The molecule has 0 aromatic carbocycles. The molecule has 2 aromatic rings. The Kier molecular flexibility index (Phi) is 4.87. The molecule has 0 N–H and O–H groups in total. The Morgan fingerprint density at radius 3 is 2.91 bits per heavy atom. The molecule has 1 saturated heterocycles. The van der Waals surface area contributed by atoms with Gasteiger partial charge in [-0.1, -0.05) is 0 Å². The molecule has 3 rings (SSSR count). The summed E-state index contributed by atoms with van der Waals surface area (Å²) in [5, 5.41) is 0. The number of hydrogen-bond acceptors (Lipinski definition) is 6. The molecule has 0 radical (unpaired) electrons. The molecule has 23 heavy (non-hydrogen) atoms. The quantitative estimate of drug-likeness (QED) is 0.839. The SMILES string of the molecule is Cc1cc(CCC2CN(C(=O)c3ncccn3)CCO2)ncn1. The minimum absolute atomic E-state index is 0.00619. The van der Waals surface area contributed by atoms with Gasteiger partial charge in [0.2, 0.25) is 5.82 Å². The highest BCUT2D eigenvalue weighted by molar-refractivity contribution is 5.90. The molecule has 0 spiro atoms. The second kappa shape index (κ2) is 7.23. The fourth-order valence-electron chi connectivity index (χ4n) is 2.58. The molecule has 1 unspecified atom stereocenters. The van der Waals surface area contributed by atoms with Crippen LogP contribution in [0.5, 0.6) is 0 Å². The van der Waals surface area contributed by atoms with Crippen LogP contribution in [0, 0.1) is 6.92 Å². The van der Waals surface area contributed by atoms with Crippen molar-refractivity contribution in [2.24, 2.45) is 0 Å². The lowest BCUT2D eigenvalue weighted by Gasteiger charge is -2.32. The number of hydrogen-bond donors (Lipinski definition) is 0. The van der Waals surface area contributed by atoms with E-state index < -0.39 is 0 Å². The number of ether oxygens (including phenoxy) is 1. The summed E-state index contributed by atoms with van der Waals surface area (Å²) in [5.41, 5.74) is 1.95. The van der Waals surface area contributed by atoms with Crippen LogP contribution in [0.25, 0.3) is 0 Å². The summed E-state index contributed by atoms with van der Waals surface area (Å²) in [4.78, 5) is 30.5. The molecule has 2 aromatic heterocycles. The number of aromatic nitrogens is 4. The van der Waals surface area contributed by atoms with Crippen molar-refractivity contribution >= 4 is 5.91 Å². The van der Waals surface area contributed by atoms with Crippen LogP contribution >= 0.6 is 0 Å². The zero-order valence-corrected chi connectivity index (χ0v) is 13.1. The molecular formula is C16H19N5O2. The number of nitrogens with zero attached hydrogens (tertiary/aromatic N) is 5. The van der Waals surface area contributed by atoms with E-state index in [4.69, 9.17) is 4.74 Å². The molecule has 120 valence electrons. The highest BCUT2D eigenvalue weighted by Gasteiger charge is 2.26. The summed E-state index contributed by atoms with van der Waals surface area (Å²) in [6.07, 6.45) is 6.36. The molecule has 0 saturated carbocycles. The van der Waals surface area contributed by atoms with Crippen molar-refractivity contribution in [2.75, 3.05) is 19.7 Å². The maximum absolute atomic E-state index is 12.4. The predicted octanol–water partition coefficient (Wildman–Crippen LogP) is 1.05. The lowest BCUT2D eigenvalue weighted by molar-refractivity contribution is -0.0250. The van der Waals surface area contributed by atoms with E-state index in [1.165, 1.54) is 0 Å². The number of rotatable bonds is 4. The maximum Gasteiger partial charge on any atom is 0.291 e. The van der Waals surface area contributed by atoms with Crippen LogP contribution in [-0.4, -0.2) is 56.5 Å². The first-order valence-electron chi connectivity index (χ1n) is 7.68. The lowest BCUT2D eigenvalue weighted by Crippen LogP contribution is -2.46.